The fourth-order valence-electron chi connectivity index (χ4n) is 7.68. The van der Waals surface area contributed by atoms with Crippen molar-refractivity contribution in [3.8, 4) is 11.5 Å². The Morgan fingerprint density at radius 3 is 2.55 bits per heavy atom. The number of anilines is 2. The van der Waals surface area contributed by atoms with E-state index >= 15 is 0 Å². The lowest BCUT2D eigenvalue weighted by atomic mass is 9.95. The molecule has 0 unspecified atom stereocenters. The van der Waals surface area contributed by atoms with Gasteiger partial charge in [0, 0.05) is 58.3 Å². The zero-order valence-electron chi connectivity index (χ0n) is 31.2. The first-order valence-electron chi connectivity index (χ1n) is 18.2. The summed E-state index contributed by atoms with van der Waals surface area (Å²) < 4.78 is 71.0. The Balaban J connectivity index is 1.17. The summed E-state index contributed by atoms with van der Waals surface area (Å²) in [5.74, 6) is -3.10. The second-order valence-corrected chi connectivity index (χ2v) is 14.1. The Hall–Kier alpha value is -6.20. The van der Waals surface area contributed by atoms with Crippen molar-refractivity contribution in [1.82, 2.24) is 14.9 Å². The second-order valence-electron chi connectivity index (χ2n) is 13.8. The number of hydrogen-bond acceptors (Lipinski definition) is 9. The Labute approximate surface area is 332 Å². The van der Waals surface area contributed by atoms with Crippen LogP contribution in [0.5, 0.6) is 11.5 Å². The Morgan fingerprint density at radius 2 is 1.83 bits per heavy atom. The average molecular weight is 822 g/mol. The Bertz CT molecular complexity index is 2630. The van der Waals surface area contributed by atoms with Gasteiger partial charge in [-0.2, -0.15) is 13.2 Å². The number of amides is 3. The molecule has 5 heterocycles. The van der Waals surface area contributed by atoms with Gasteiger partial charge in [-0.25, -0.2) is 9.59 Å². The molecule has 1 saturated heterocycles. The van der Waals surface area contributed by atoms with Crippen molar-refractivity contribution in [2.75, 3.05) is 56.6 Å². The van der Waals surface area contributed by atoms with Crippen LogP contribution in [0.25, 0.3) is 32.8 Å². The predicted octanol–water partition coefficient (Wildman–Crippen LogP) is 8.05. The molecule has 0 radical (unpaired) electrons. The molecule has 3 N–H and O–H groups in total. The maximum absolute atomic E-state index is 14.6. The van der Waals surface area contributed by atoms with Crippen LogP contribution in [0.3, 0.4) is 0 Å². The maximum atomic E-state index is 14.6. The minimum Gasteiger partial charge on any atom is -0.493 e. The van der Waals surface area contributed by atoms with E-state index in [0.29, 0.717) is 39.7 Å². The number of aromatic nitrogens is 2. The van der Waals surface area contributed by atoms with Crippen molar-refractivity contribution < 1.29 is 55.7 Å². The van der Waals surface area contributed by atoms with Gasteiger partial charge >= 0.3 is 18.2 Å². The number of methoxy groups -OCH3 is 2. The van der Waals surface area contributed by atoms with E-state index in [1.807, 2.05) is 6.92 Å². The first-order chi connectivity index (χ1) is 27.8. The number of aromatic amines is 2. The highest BCUT2D eigenvalue weighted by molar-refractivity contribution is 6.20. The second kappa shape index (κ2) is 14.9. The molecule has 302 valence electrons. The van der Waals surface area contributed by atoms with E-state index < -0.39 is 47.2 Å². The van der Waals surface area contributed by atoms with Crippen molar-refractivity contribution in [2.24, 2.45) is 0 Å². The lowest BCUT2D eigenvalue weighted by molar-refractivity contribution is -0.141. The van der Waals surface area contributed by atoms with Gasteiger partial charge in [-0.1, -0.05) is 19.1 Å². The topological polar surface area (TPSA) is 168 Å². The van der Waals surface area contributed by atoms with Crippen molar-refractivity contribution in [1.29, 1.82) is 0 Å². The molecule has 3 aromatic heterocycles. The zero-order chi connectivity index (χ0) is 41.0. The van der Waals surface area contributed by atoms with Gasteiger partial charge in [0.2, 0.25) is 0 Å². The molecule has 14 nitrogen and oxygen atoms in total. The van der Waals surface area contributed by atoms with Crippen LogP contribution in [0, 0.1) is 0 Å². The summed E-state index contributed by atoms with van der Waals surface area (Å²) >= 11 is 6.43. The number of morpholine rings is 1. The number of rotatable bonds is 8. The number of alkyl halides is 4. The Kier molecular flexibility index (Phi) is 9.97. The highest BCUT2D eigenvalue weighted by atomic mass is 35.5. The monoisotopic (exact) mass is 821 g/mol. The molecule has 18 heteroatoms. The van der Waals surface area contributed by atoms with Crippen molar-refractivity contribution in [3.05, 3.63) is 82.9 Å². The van der Waals surface area contributed by atoms with Crippen molar-refractivity contribution in [3.63, 3.8) is 0 Å². The number of benzene rings is 3. The summed E-state index contributed by atoms with van der Waals surface area (Å²) in [5, 5.41) is 3.80. The van der Waals surface area contributed by atoms with Gasteiger partial charge in [0.15, 0.2) is 22.8 Å². The summed E-state index contributed by atoms with van der Waals surface area (Å²) in [4.78, 5) is 62.5. The fourth-order valence-corrected chi connectivity index (χ4v) is 7.93. The number of halogens is 4. The van der Waals surface area contributed by atoms with Crippen LogP contribution in [-0.2, 0) is 15.7 Å². The molecule has 0 saturated carbocycles. The van der Waals surface area contributed by atoms with Gasteiger partial charge < -0.3 is 48.4 Å². The molecule has 2 aliphatic rings. The van der Waals surface area contributed by atoms with E-state index in [4.69, 9.17) is 35.0 Å². The SMILES string of the molecule is CC[C@H]1COCCN1C(=O)Oc1cc2c(c3c(C(=O)OC)c(C(F)(F)F)[nH]c13)[C@H](CCl)CN2C(=O)c1cc2cc(NC(=O)c3cc4cccc(OC)c4o3)ccc2[nH]1. The highest BCUT2D eigenvalue weighted by Crippen LogP contribution is 2.50. The minimum absolute atomic E-state index is 0.0560. The van der Waals surface area contributed by atoms with Crippen LogP contribution in [-0.4, -0.2) is 91.2 Å². The highest BCUT2D eigenvalue weighted by Gasteiger charge is 2.44. The Morgan fingerprint density at radius 1 is 1.02 bits per heavy atom. The molecule has 2 aliphatic heterocycles. The zero-order valence-corrected chi connectivity index (χ0v) is 31.9. The van der Waals surface area contributed by atoms with Gasteiger partial charge in [-0.05, 0) is 48.4 Å². The summed E-state index contributed by atoms with van der Waals surface area (Å²) in [6.07, 6.45) is -5.37. The number of hydrogen-bond donors (Lipinski definition) is 3. The summed E-state index contributed by atoms with van der Waals surface area (Å²) in [7, 11) is 2.45. The van der Waals surface area contributed by atoms with Crippen molar-refractivity contribution in [2.45, 2.75) is 31.5 Å². The van der Waals surface area contributed by atoms with Crippen LogP contribution in [0.4, 0.5) is 29.3 Å². The number of H-pyrrole nitrogens is 2. The van der Waals surface area contributed by atoms with Gasteiger partial charge in [0.05, 0.1) is 50.2 Å². The van der Waals surface area contributed by atoms with Crippen LogP contribution < -0.4 is 19.7 Å². The quantitative estimate of drug-likeness (QED) is 0.102. The molecule has 8 rings (SSSR count). The first kappa shape index (κ1) is 38.7. The number of furan rings is 1. The molecule has 0 spiro atoms. The average Bonchev–Trinajstić information content (AvgIpc) is 4.02. The molecule has 0 aliphatic carbocycles. The summed E-state index contributed by atoms with van der Waals surface area (Å²) in [5.41, 5.74) is -0.798. The summed E-state index contributed by atoms with van der Waals surface area (Å²) in [6, 6.07) is 14.4. The lowest BCUT2D eigenvalue weighted by Crippen LogP contribution is -2.49. The standard InChI is InChI=1S/C40H35ClF3N5O9/c1-4-23-18-56-11-10-48(23)39(53)58-28-15-26-30(31-32(38(52)55-3)35(40(42,43)44)47-33(28)31)21(16-41)17-49(26)37(51)25-13-20-12-22(8-9-24(20)46-25)45-36(50)29-14-19-6-5-7-27(54-2)34(19)57-29/h5-9,12-15,21,23,46-47H,4,10-11,16-18H2,1-3H3,(H,45,50)/t21-,23+/m1/s1. The minimum atomic E-state index is -5.05. The van der Waals surface area contributed by atoms with Gasteiger partial charge in [-0.3, -0.25) is 9.59 Å². The van der Waals surface area contributed by atoms with Gasteiger partial charge in [0.1, 0.15) is 11.4 Å². The third-order valence-electron chi connectivity index (χ3n) is 10.5. The van der Waals surface area contributed by atoms with E-state index in [1.165, 1.54) is 23.0 Å². The number of para-hydroxylation sites is 1. The number of fused-ring (bicyclic) bond motifs is 5. The molecular weight excluding hydrogens is 787 g/mol. The van der Waals surface area contributed by atoms with E-state index in [2.05, 4.69) is 15.3 Å². The number of nitrogens with zero attached hydrogens (tertiary/aromatic N) is 2. The van der Waals surface area contributed by atoms with Crippen LogP contribution in [0.2, 0.25) is 0 Å². The number of carbonyl (C=O) groups is 4. The summed E-state index contributed by atoms with van der Waals surface area (Å²) in [6.45, 7) is 2.42. The van der Waals surface area contributed by atoms with Crippen molar-refractivity contribution >= 4 is 79.6 Å². The molecule has 58 heavy (non-hydrogen) atoms. The van der Waals surface area contributed by atoms with E-state index in [1.54, 1.807) is 48.5 Å². The molecule has 0 bridgehead atoms. The molecule has 6 aromatic rings. The van der Waals surface area contributed by atoms with E-state index in [9.17, 15) is 32.3 Å². The first-order valence-corrected chi connectivity index (χ1v) is 18.7. The molecule has 2 atom stereocenters. The predicted molar refractivity (Wildman–Crippen MR) is 206 cm³/mol. The smallest absolute Gasteiger partial charge is 0.432 e. The molecular formula is C40H35ClF3N5O9. The normalized spacial score (nSPS) is 16.9. The lowest BCUT2D eigenvalue weighted by Gasteiger charge is -2.34. The molecule has 3 amide bonds. The number of ether oxygens (including phenoxy) is 4. The van der Waals surface area contributed by atoms with Crippen LogP contribution in [0.1, 0.15) is 61.9 Å². The number of carbonyl (C=O) groups excluding carboxylic acids is 4. The third-order valence-corrected chi connectivity index (χ3v) is 10.8. The van der Waals surface area contributed by atoms with E-state index in [0.717, 1.165) is 7.11 Å². The molecule has 3 aromatic carbocycles. The van der Waals surface area contributed by atoms with Gasteiger partial charge in [-0.15, -0.1) is 11.6 Å². The van der Waals surface area contributed by atoms with Gasteiger partial charge in [0.25, 0.3) is 11.8 Å². The van der Waals surface area contributed by atoms with Crippen LogP contribution in [0.15, 0.2) is 59.0 Å². The third kappa shape index (κ3) is 6.62. The number of esters is 1. The molecule has 1 fully saturated rings. The largest absolute Gasteiger partial charge is 0.493 e. The maximum Gasteiger partial charge on any atom is 0.432 e. The fraction of sp³-hybridized carbons (Fsp3) is 0.300. The van der Waals surface area contributed by atoms with Crippen LogP contribution >= 0.6 is 11.6 Å². The van der Waals surface area contributed by atoms with E-state index in [-0.39, 0.29) is 77.6 Å². The number of nitrogens with one attached hydrogen (secondary N) is 3.